The number of hydrogen-bond acceptors (Lipinski definition) is 2. The van der Waals surface area contributed by atoms with Crippen molar-refractivity contribution in [1.82, 2.24) is 15.5 Å². The van der Waals surface area contributed by atoms with Crippen LogP contribution < -0.4 is 10.6 Å². The molecule has 1 amide bonds. The number of nitrogens with one attached hydrogen (secondary N) is 2. The van der Waals surface area contributed by atoms with Crippen LogP contribution in [0.5, 0.6) is 0 Å². The van der Waals surface area contributed by atoms with E-state index in [1.165, 1.54) is 4.90 Å². The molecule has 130 valence electrons. The molecule has 0 saturated heterocycles. The molecule has 0 saturated carbocycles. The molecule has 0 aliphatic heterocycles. The van der Waals surface area contributed by atoms with Crippen molar-refractivity contribution in [3.63, 3.8) is 0 Å². The van der Waals surface area contributed by atoms with E-state index in [-0.39, 0.29) is 24.9 Å². The molecule has 0 bridgehead atoms. The topological polar surface area (TPSA) is 56.7 Å². The Hall–Kier alpha value is -1.47. The third-order valence-corrected chi connectivity index (χ3v) is 3.05. The zero-order chi connectivity index (χ0) is 17.2. The molecule has 0 aliphatic rings. The minimum absolute atomic E-state index is 0.00131. The number of nitrogens with zero attached hydrogens (tertiary/aromatic N) is 2. The third kappa shape index (κ3) is 11.2. The maximum absolute atomic E-state index is 12.0. The lowest BCUT2D eigenvalue weighted by atomic mass is 10.2. The fraction of sp³-hybridized carbons (Fsp3) is 0.857. The SMILES string of the molecule is CCC(C)NC(=NCC(=O)N(C)C)NCCCCC(F)(F)F. The Morgan fingerprint density at radius 1 is 1.27 bits per heavy atom. The number of unbranched alkanes of at least 4 members (excludes halogenated alkanes) is 1. The highest BCUT2D eigenvalue weighted by Crippen LogP contribution is 2.21. The molecule has 0 aromatic rings. The normalized spacial score (nSPS) is 13.7. The number of halogens is 3. The predicted molar refractivity (Wildman–Crippen MR) is 81.8 cm³/mol. The molecule has 0 rings (SSSR count). The van der Waals surface area contributed by atoms with Gasteiger partial charge in [0.25, 0.3) is 0 Å². The van der Waals surface area contributed by atoms with E-state index in [9.17, 15) is 18.0 Å². The van der Waals surface area contributed by atoms with Gasteiger partial charge in [-0.2, -0.15) is 13.2 Å². The van der Waals surface area contributed by atoms with Crippen molar-refractivity contribution in [1.29, 1.82) is 0 Å². The highest BCUT2D eigenvalue weighted by molar-refractivity contribution is 5.84. The summed E-state index contributed by atoms with van der Waals surface area (Å²) in [7, 11) is 3.29. The number of likely N-dealkylation sites (N-methyl/N-ethyl adjacent to an activating group) is 1. The molecule has 0 spiro atoms. The van der Waals surface area contributed by atoms with Crippen LogP contribution in [-0.4, -0.2) is 56.2 Å². The number of amides is 1. The van der Waals surface area contributed by atoms with Gasteiger partial charge in [0.2, 0.25) is 5.91 Å². The standard InChI is InChI=1S/C14H27F3N4O/c1-5-11(2)20-13(19-10-12(22)21(3)4)18-9-7-6-8-14(15,16)17/h11H,5-10H2,1-4H3,(H2,18,19,20). The van der Waals surface area contributed by atoms with Crippen molar-refractivity contribution >= 4 is 11.9 Å². The zero-order valence-corrected chi connectivity index (χ0v) is 13.8. The number of hydrogen-bond donors (Lipinski definition) is 2. The first-order chi connectivity index (χ1) is 10.2. The molecular formula is C14H27F3N4O. The first-order valence-electron chi connectivity index (χ1n) is 7.47. The fourth-order valence-corrected chi connectivity index (χ4v) is 1.43. The molecule has 5 nitrogen and oxygen atoms in total. The van der Waals surface area contributed by atoms with Gasteiger partial charge >= 0.3 is 6.18 Å². The number of alkyl halides is 3. The lowest BCUT2D eigenvalue weighted by Crippen LogP contribution is -2.43. The number of carbonyl (C=O) groups is 1. The molecule has 0 aromatic carbocycles. The summed E-state index contributed by atoms with van der Waals surface area (Å²) < 4.78 is 36.1. The Morgan fingerprint density at radius 3 is 2.41 bits per heavy atom. The molecule has 0 heterocycles. The number of carbonyl (C=O) groups excluding carboxylic acids is 1. The Balaban J connectivity index is 4.30. The highest BCUT2D eigenvalue weighted by Gasteiger charge is 2.25. The van der Waals surface area contributed by atoms with Crippen molar-refractivity contribution in [2.45, 2.75) is 51.7 Å². The second kappa shape index (κ2) is 10.3. The third-order valence-electron chi connectivity index (χ3n) is 3.05. The zero-order valence-electron chi connectivity index (χ0n) is 13.8. The summed E-state index contributed by atoms with van der Waals surface area (Å²) in [5.74, 6) is 0.318. The summed E-state index contributed by atoms with van der Waals surface area (Å²) in [5.41, 5.74) is 0. The van der Waals surface area contributed by atoms with Crippen molar-refractivity contribution in [3.05, 3.63) is 0 Å². The minimum atomic E-state index is -4.11. The molecule has 0 aromatic heterocycles. The van der Waals surface area contributed by atoms with Gasteiger partial charge in [-0.1, -0.05) is 6.92 Å². The van der Waals surface area contributed by atoms with E-state index < -0.39 is 12.6 Å². The molecule has 0 aliphatic carbocycles. The van der Waals surface area contributed by atoms with Crippen LogP contribution in [0.3, 0.4) is 0 Å². The maximum Gasteiger partial charge on any atom is 0.389 e. The molecule has 22 heavy (non-hydrogen) atoms. The molecule has 0 radical (unpaired) electrons. The molecule has 1 atom stereocenters. The summed E-state index contributed by atoms with van der Waals surface area (Å²) in [6.07, 6.45) is -3.55. The highest BCUT2D eigenvalue weighted by atomic mass is 19.4. The van der Waals surface area contributed by atoms with Crippen LogP contribution in [0.4, 0.5) is 13.2 Å². The minimum Gasteiger partial charge on any atom is -0.356 e. The predicted octanol–water partition coefficient (Wildman–Crippen LogP) is 2.14. The summed E-state index contributed by atoms with van der Waals surface area (Å²) in [4.78, 5) is 17.1. The average Bonchev–Trinajstić information content (AvgIpc) is 2.41. The van der Waals surface area contributed by atoms with Crippen LogP contribution in [-0.2, 0) is 4.79 Å². The van der Waals surface area contributed by atoms with Gasteiger partial charge in [-0.15, -0.1) is 0 Å². The maximum atomic E-state index is 12.0. The fourth-order valence-electron chi connectivity index (χ4n) is 1.43. The summed E-state index contributed by atoms with van der Waals surface area (Å²) in [6.45, 7) is 4.36. The molecular weight excluding hydrogens is 297 g/mol. The van der Waals surface area contributed by atoms with Gasteiger partial charge in [-0.25, -0.2) is 4.99 Å². The molecule has 0 fully saturated rings. The average molecular weight is 324 g/mol. The van der Waals surface area contributed by atoms with Crippen molar-refractivity contribution in [3.8, 4) is 0 Å². The van der Waals surface area contributed by atoms with E-state index in [1.54, 1.807) is 14.1 Å². The Bertz CT molecular complexity index is 356. The van der Waals surface area contributed by atoms with Gasteiger partial charge in [0.1, 0.15) is 6.54 Å². The number of aliphatic imine (C=N–C) groups is 1. The van der Waals surface area contributed by atoms with E-state index in [0.717, 1.165) is 6.42 Å². The first kappa shape index (κ1) is 20.5. The summed E-state index contributed by atoms with van der Waals surface area (Å²) in [5, 5.41) is 6.08. The lowest BCUT2D eigenvalue weighted by Gasteiger charge is -2.17. The van der Waals surface area contributed by atoms with Crippen LogP contribution >= 0.6 is 0 Å². The first-order valence-corrected chi connectivity index (χ1v) is 7.47. The smallest absolute Gasteiger partial charge is 0.356 e. The van der Waals surface area contributed by atoms with Crippen LogP contribution in [0.1, 0.15) is 39.5 Å². The van der Waals surface area contributed by atoms with E-state index in [2.05, 4.69) is 15.6 Å². The summed E-state index contributed by atoms with van der Waals surface area (Å²) >= 11 is 0. The van der Waals surface area contributed by atoms with Gasteiger partial charge in [0, 0.05) is 33.1 Å². The van der Waals surface area contributed by atoms with Crippen LogP contribution in [0.15, 0.2) is 4.99 Å². The number of rotatable bonds is 8. The molecule has 2 N–H and O–H groups in total. The second-order valence-electron chi connectivity index (χ2n) is 5.41. The Kier molecular flexibility index (Phi) is 9.60. The van der Waals surface area contributed by atoms with Crippen LogP contribution in [0.25, 0.3) is 0 Å². The summed E-state index contributed by atoms with van der Waals surface area (Å²) in [6, 6.07) is 0.163. The molecule has 8 heteroatoms. The number of guanidine groups is 1. The lowest BCUT2D eigenvalue weighted by molar-refractivity contribution is -0.135. The van der Waals surface area contributed by atoms with E-state index >= 15 is 0 Å². The van der Waals surface area contributed by atoms with Crippen LogP contribution in [0, 0.1) is 0 Å². The van der Waals surface area contributed by atoms with Gasteiger partial charge in [-0.05, 0) is 26.2 Å². The van der Waals surface area contributed by atoms with Crippen LogP contribution in [0.2, 0.25) is 0 Å². The van der Waals surface area contributed by atoms with Gasteiger partial charge in [-0.3, -0.25) is 4.79 Å². The van der Waals surface area contributed by atoms with Gasteiger partial charge in [0.05, 0.1) is 0 Å². The van der Waals surface area contributed by atoms with E-state index in [0.29, 0.717) is 18.9 Å². The molecule has 1 unspecified atom stereocenters. The Labute approximate surface area is 130 Å². The Morgan fingerprint density at radius 2 is 1.91 bits per heavy atom. The van der Waals surface area contributed by atoms with Crippen molar-refractivity contribution < 1.29 is 18.0 Å². The second-order valence-corrected chi connectivity index (χ2v) is 5.41. The quantitative estimate of drug-likeness (QED) is 0.409. The largest absolute Gasteiger partial charge is 0.389 e. The monoisotopic (exact) mass is 324 g/mol. The van der Waals surface area contributed by atoms with Crippen molar-refractivity contribution in [2.24, 2.45) is 4.99 Å². The van der Waals surface area contributed by atoms with E-state index in [1.807, 2.05) is 13.8 Å². The van der Waals surface area contributed by atoms with Crippen molar-refractivity contribution in [2.75, 3.05) is 27.2 Å². The van der Waals surface area contributed by atoms with Gasteiger partial charge < -0.3 is 15.5 Å². The van der Waals surface area contributed by atoms with Gasteiger partial charge in [0.15, 0.2) is 5.96 Å². The van der Waals surface area contributed by atoms with E-state index in [4.69, 9.17) is 0 Å².